The summed E-state index contributed by atoms with van der Waals surface area (Å²) in [5, 5.41) is 6.12. The number of anilines is 2. The van der Waals surface area contributed by atoms with Crippen molar-refractivity contribution in [1.82, 2.24) is 9.55 Å². The van der Waals surface area contributed by atoms with Crippen molar-refractivity contribution in [3.8, 4) is 5.75 Å². The van der Waals surface area contributed by atoms with E-state index >= 15 is 0 Å². The molecule has 0 saturated carbocycles. The minimum atomic E-state index is -0.108. The molecule has 6 nitrogen and oxygen atoms in total. The fourth-order valence-electron chi connectivity index (χ4n) is 2.19. The molecule has 0 fully saturated rings. The van der Waals surface area contributed by atoms with E-state index in [1.807, 2.05) is 36.9 Å². The molecule has 0 bridgehead atoms. The lowest BCUT2D eigenvalue weighted by molar-refractivity contribution is -0.114. The van der Waals surface area contributed by atoms with Crippen LogP contribution in [0.15, 0.2) is 30.6 Å². The highest BCUT2D eigenvalue weighted by atomic mass is 16.5. The number of aromatic nitrogens is 2. The van der Waals surface area contributed by atoms with Crippen LogP contribution in [0.4, 0.5) is 11.4 Å². The average molecular weight is 288 g/mol. The number of benzene rings is 1. The summed E-state index contributed by atoms with van der Waals surface area (Å²) in [4.78, 5) is 15.5. The number of carbonyl (C=O) groups is 1. The SMILES string of the molecule is COc1ccc(NC(C)=O)cc1NC(C)c1nccn1C. The summed E-state index contributed by atoms with van der Waals surface area (Å²) < 4.78 is 7.31. The van der Waals surface area contributed by atoms with Crippen LogP contribution in [-0.4, -0.2) is 22.6 Å². The molecule has 112 valence electrons. The summed E-state index contributed by atoms with van der Waals surface area (Å²) in [7, 11) is 3.56. The Hall–Kier alpha value is -2.50. The van der Waals surface area contributed by atoms with E-state index in [4.69, 9.17) is 4.74 Å². The Morgan fingerprint density at radius 1 is 1.43 bits per heavy atom. The van der Waals surface area contributed by atoms with E-state index in [2.05, 4.69) is 15.6 Å². The first kappa shape index (κ1) is 14.9. The highest BCUT2D eigenvalue weighted by Gasteiger charge is 2.13. The molecule has 2 aromatic rings. The van der Waals surface area contributed by atoms with E-state index in [0.29, 0.717) is 5.75 Å². The number of imidazole rings is 1. The van der Waals surface area contributed by atoms with Crippen LogP contribution < -0.4 is 15.4 Å². The molecular formula is C15H20N4O2. The fraction of sp³-hybridized carbons (Fsp3) is 0.333. The van der Waals surface area contributed by atoms with Crippen LogP contribution in [0, 0.1) is 0 Å². The van der Waals surface area contributed by atoms with Crippen molar-refractivity contribution < 1.29 is 9.53 Å². The van der Waals surface area contributed by atoms with Gasteiger partial charge in [-0.1, -0.05) is 0 Å². The van der Waals surface area contributed by atoms with E-state index in [1.165, 1.54) is 6.92 Å². The Balaban J connectivity index is 2.24. The van der Waals surface area contributed by atoms with Crippen molar-refractivity contribution in [2.75, 3.05) is 17.7 Å². The third kappa shape index (κ3) is 3.53. The summed E-state index contributed by atoms with van der Waals surface area (Å²) in [6.45, 7) is 3.50. The predicted molar refractivity (Wildman–Crippen MR) is 82.5 cm³/mol. The van der Waals surface area contributed by atoms with Gasteiger partial charge in [0, 0.05) is 32.1 Å². The molecule has 0 radical (unpaired) electrons. The standard InChI is InChI=1S/C15H20N4O2/c1-10(15-16-7-8-19(15)3)17-13-9-12(18-11(2)20)5-6-14(13)21-4/h5-10,17H,1-4H3,(H,18,20). The number of nitrogens with zero attached hydrogens (tertiary/aromatic N) is 2. The molecule has 1 amide bonds. The number of rotatable bonds is 5. The maximum atomic E-state index is 11.2. The molecule has 0 aliphatic rings. The van der Waals surface area contributed by atoms with Gasteiger partial charge in [-0.05, 0) is 25.1 Å². The predicted octanol–water partition coefficient (Wildman–Crippen LogP) is 2.56. The zero-order chi connectivity index (χ0) is 15.4. The monoisotopic (exact) mass is 288 g/mol. The number of hydrogen-bond acceptors (Lipinski definition) is 4. The minimum Gasteiger partial charge on any atom is -0.495 e. The third-order valence-electron chi connectivity index (χ3n) is 3.14. The van der Waals surface area contributed by atoms with Gasteiger partial charge in [0.25, 0.3) is 0 Å². The quantitative estimate of drug-likeness (QED) is 0.887. The normalized spacial score (nSPS) is 11.8. The second-order valence-corrected chi connectivity index (χ2v) is 4.86. The van der Waals surface area contributed by atoms with Crippen molar-refractivity contribution in [2.24, 2.45) is 7.05 Å². The zero-order valence-corrected chi connectivity index (χ0v) is 12.7. The van der Waals surface area contributed by atoms with Crippen molar-refractivity contribution >= 4 is 17.3 Å². The van der Waals surface area contributed by atoms with E-state index in [1.54, 1.807) is 19.4 Å². The van der Waals surface area contributed by atoms with Gasteiger partial charge in [-0.2, -0.15) is 0 Å². The van der Waals surface area contributed by atoms with Crippen LogP contribution >= 0.6 is 0 Å². The molecule has 0 spiro atoms. The van der Waals surface area contributed by atoms with Crippen molar-refractivity contribution in [3.05, 3.63) is 36.4 Å². The molecule has 6 heteroatoms. The molecule has 2 rings (SSSR count). The Morgan fingerprint density at radius 3 is 2.76 bits per heavy atom. The smallest absolute Gasteiger partial charge is 0.221 e. The Kier molecular flexibility index (Phi) is 4.47. The lowest BCUT2D eigenvalue weighted by Crippen LogP contribution is -2.13. The molecular weight excluding hydrogens is 268 g/mol. The van der Waals surface area contributed by atoms with Crippen molar-refractivity contribution in [2.45, 2.75) is 19.9 Å². The fourth-order valence-corrected chi connectivity index (χ4v) is 2.19. The number of methoxy groups -OCH3 is 1. The highest BCUT2D eigenvalue weighted by Crippen LogP contribution is 2.30. The van der Waals surface area contributed by atoms with Crippen LogP contribution in [-0.2, 0) is 11.8 Å². The van der Waals surface area contributed by atoms with Gasteiger partial charge in [-0.25, -0.2) is 4.98 Å². The van der Waals surface area contributed by atoms with Crippen LogP contribution in [0.1, 0.15) is 25.7 Å². The van der Waals surface area contributed by atoms with Gasteiger partial charge >= 0.3 is 0 Å². The summed E-state index contributed by atoms with van der Waals surface area (Å²) >= 11 is 0. The lowest BCUT2D eigenvalue weighted by Gasteiger charge is -2.18. The van der Waals surface area contributed by atoms with Gasteiger partial charge in [0.15, 0.2) is 0 Å². The number of nitrogens with one attached hydrogen (secondary N) is 2. The molecule has 2 N–H and O–H groups in total. The van der Waals surface area contributed by atoms with E-state index in [0.717, 1.165) is 17.2 Å². The van der Waals surface area contributed by atoms with Gasteiger partial charge in [0.2, 0.25) is 5.91 Å². The van der Waals surface area contributed by atoms with E-state index in [-0.39, 0.29) is 11.9 Å². The average Bonchev–Trinajstić information content (AvgIpc) is 2.84. The first-order chi connectivity index (χ1) is 10.0. The van der Waals surface area contributed by atoms with Crippen LogP contribution in [0.25, 0.3) is 0 Å². The van der Waals surface area contributed by atoms with Gasteiger partial charge in [-0.3, -0.25) is 4.79 Å². The van der Waals surface area contributed by atoms with Crippen LogP contribution in [0.2, 0.25) is 0 Å². The van der Waals surface area contributed by atoms with E-state index < -0.39 is 0 Å². The van der Waals surface area contributed by atoms with Crippen LogP contribution in [0.5, 0.6) is 5.75 Å². The molecule has 0 aliphatic carbocycles. The van der Waals surface area contributed by atoms with Gasteiger partial charge in [0.1, 0.15) is 11.6 Å². The molecule has 1 aromatic heterocycles. The van der Waals surface area contributed by atoms with Crippen LogP contribution in [0.3, 0.4) is 0 Å². The topological polar surface area (TPSA) is 68.2 Å². The number of ether oxygens (including phenoxy) is 1. The third-order valence-corrected chi connectivity index (χ3v) is 3.14. The molecule has 21 heavy (non-hydrogen) atoms. The largest absolute Gasteiger partial charge is 0.495 e. The van der Waals surface area contributed by atoms with E-state index in [9.17, 15) is 4.79 Å². The molecule has 0 saturated heterocycles. The lowest BCUT2D eigenvalue weighted by atomic mass is 10.2. The second-order valence-electron chi connectivity index (χ2n) is 4.86. The number of aryl methyl sites for hydroxylation is 1. The summed E-state index contributed by atoms with van der Waals surface area (Å²) in [5.74, 6) is 1.52. The molecule has 0 aliphatic heterocycles. The molecule has 1 aromatic carbocycles. The number of hydrogen-bond donors (Lipinski definition) is 2. The molecule has 1 unspecified atom stereocenters. The minimum absolute atomic E-state index is 0.00600. The van der Waals surface area contributed by atoms with Gasteiger partial charge < -0.3 is 19.9 Å². The maximum Gasteiger partial charge on any atom is 0.221 e. The number of carbonyl (C=O) groups excluding carboxylic acids is 1. The Labute approximate surface area is 124 Å². The first-order valence-corrected chi connectivity index (χ1v) is 6.70. The molecule has 1 heterocycles. The zero-order valence-electron chi connectivity index (χ0n) is 12.7. The van der Waals surface area contributed by atoms with Crippen molar-refractivity contribution in [1.29, 1.82) is 0 Å². The summed E-state index contributed by atoms with van der Waals surface area (Å²) in [6.07, 6.45) is 3.66. The highest BCUT2D eigenvalue weighted by molar-refractivity contribution is 5.89. The Bertz CT molecular complexity index is 636. The van der Waals surface area contributed by atoms with Gasteiger partial charge in [-0.15, -0.1) is 0 Å². The summed E-state index contributed by atoms with van der Waals surface area (Å²) in [5.41, 5.74) is 1.53. The van der Waals surface area contributed by atoms with Crippen molar-refractivity contribution in [3.63, 3.8) is 0 Å². The molecule has 1 atom stereocenters. The van der Waals surface area contributed by atoms with Gasteiger partial charge in [0.05, 0.1) is 18.8 Å². The number of amides is 1. The maximum absolute atomic E-state index is 11.2. The second kappa shape index (κ2) is 6.30. The Morgan fingerprint density at radius 2 is 2.19 bits per heavy atom. The first-order valence-electron chi connectivity index (χ1n) is 6.70. The summed E-state index contributed by atoms with van der Waals surface area (Å²) in [6, 6.07) is 5.47.